The highest BCUT2D eigenvalue weighted by atomic mass is 19.1. The molecular weight excluding hydrogens is 195 g/mol. The van der Waals surface area contributed by atoms with Crippen LogP contribution in [0.15, 0.2) is 18.3 Å². The summed E-state index contributed by atoms with van der Waals surface area (Å²) in [6, 6.07) is 4.12. The van der Waals surface area contributed by atoms with Crippen LogP contribution in [0.25, 0.3) is 0 Å². The minimum atomic E-state index is -0.470. The van der Waals surface area contributed by atoms with Gasteiger partial charge in [-0.15, -0.1) is 0 Å². The number of piperidine rings is 1. The predicted molar refractivity (Wildman–Crippen MR) is 53.1 cm³/mol. The molecule has 1 saturated heterocycles. The van der Waals surface area contributed by atoms with Crippen LogP contribution >= 0.6 is 0 Å². The Balaban J connectivity index is 1.51. The van der Waals surface area contributed by atoms with Crippen LogP contribution in [0, 0.1) is 11.9 Å². The van der Waals surface area contributed by atoms with Crippen molar-refractivity contribution in [1.82, 2.24) is 10.3 Å². The van der Waals surface area contributed by atoms with Gasteiger partial charge in [0.25, 0.3) is 0 Å². The summed E-state index contributed by atoms with van der Waals surface area (Å²) in [5.41, 5.74) is 0. The maximum atomic E-state index is 12.5. The lowest BCUT2D eigenvalue weighted by molar-refractivity contribution is 0.266. The Labute approximate surface area is 87.7 Å². The Morgan fingerprint density at radius 3 is 3.07 bits per heavy atom. The first-order chi connectivity index (χ1) is 7.31. The molecule has 1 aromatic rings. The highest BCUT2D eigenvalue weighted by Crippen LogP contribution is 2.40. The second-order valence-electron chi connectivity index (χ2n) is 4.33. The van der Waals surface area contributed by atoms with Crippen LogP contribution in [-0.4, -0.2) is 23.7 Å². The van der Waals surface area contributed by atoms with E-state index in [1.165, 1.54) is 25.1 Å². The molecular formula is C11H13FN2O. The van der Waals surface area contributed by atoms with Gasteiger partial charge in [-0.1, -0.05) is 0 Å². The van der Waals surface area contributed by atoms with Crippen molar-refractivity contribution in [1.29, 1.82) is 0 Å². The molecule has 3 nitrogen and oxygen atoms in total. The van der Waals surface area contributed by atoms with Gasteiger partial charge < -0.3 is 10.1 Å². The number of hydrogen-bond acceptors (Lipinski definition) is 3. The molecule has 0 aromatic carbocycles. The number of halogens is 1. The van der Waals surface area contributed by atoms with E-state index in [0.717, 1.165) is 12.0 Å². The lowest BCUT2D eigenvalue weighted by atomic mass is 10.2. The molecule has 2 aliphatic rings. The topological polar surface area (TPSA) is 34.1 Å². The zero-order valence-corrected chi connectivity index (χ0v) is 8.32. The van der Waals surface area contributed by atoms with Gasteiger partial charge in [0, 0.05) is 12.1 Å². The zero-order chi connectivity index (χ0) is 10.3. The van der Waals surface area contributed by atoms with Crippen LogP contribution in [0.2, 0.25) is 0 Å². The van der Waals surface area contributed by atoms with Gasteiger partial charge in [-0.3, -0.25) is 0 Å². The van der Waals surface area contributed by atoms with E-state index in [9.17, 15) is 4.39 Å². The van der Waals surface area contributed by atoms with Crippen LogP contribution in [-0.2, 0) is 0 Å². The molecule has 0 radical (unpaired) electrons. The van der Waals surface area contributed by atoms with E-state index >= 15 is 0 Å². The largest absolute Gasteiger partial charge is 0.490 e. The van der Waals surface area contributed by atoms with Crippen LogP contribution in [0.5, 0.6) is 5.75 Å². The van der Waals surface area contributed by atoms with E-state index in [4.69, 9.17) is 4.74 Å². The molecule has 1 aromatic heterocycles. The Morgan fingerprint density at radius 2 is 2.40 bits per heavy atom. The van der Waals surface area contributed by atoms with Crippen LogP contribution in [0.3, 0.4) is 0 Å². The van der Waals surface area contributed by atoms with Gasteiger partial charge in [-0.2, -0.15) is 4.39 Å². The number of fused-ring (bicyclic) bond motifs is 1. The van der Waals surface area contributed by atoms with Crippen LogP contribution in [0.4, 0.5) is 4.39 Å². The van der Waals surface area contributed by atoms with Crippen molar-refractivity contribution in [2.45, 2.75) is 24.9 Å². The number of rotatable bonds is 3. The van der Waals surface area contributed by atoms with E-state index in [2.05, 4.69) is 10.3 Å². The fourth-order valence-electron chi connectivity index (χ4n) is 2.21. The van der Waals surface area contributed by atoms with Gasteiger partial charge in [0.1, 0.15) is 12.4 Å². The molecule has 3 atom stereocenters. The zero-order valence-electron chi connectivity index (χ0n) is 8.32. The quantitative estimate of drug-likeness (QED) is 0.761. The molecule has 1 N–H and O–H groups in total. The standard InChI is InChI=1S/C11H13FN2O/c12-11-2-1-9(5-13-11)15-6-8-3-7-4-10(7)14-8/h1-2,5,7-8,10,14H,3-4,6H2/t7-,8-,10+/m0/s1. The molecule has 0 spiro atoms. The Kier molecular flexibility index (Phi) is 2.09. The summed E-state index contributed by atoms with van der Waals surface area (Å²) in [5, 5.41) is 3.49. The minimum absolute atomic E-state index is 0.457. The number of nitrogens with one attached hydrogen (secondary N) is 1. The summed E-state index contributed by atoms with van der Waals surface area (Å²) in [6.07, 6.45) is 3.96. The van der Waals surface area contributed by atoms with E-state index in [1.54, 1.807) is 6.07 Å². The number of hydrogen-bond donors (Lipinski definition) is 1. The minimum Gasteiger partial charge on any atom is -0.490 e. The van der Waals surface area contributed by atoms with E-state index < -0.39 is 5.95 Å². The lowest BCUT2D eigenvalue weighted by Gasteiger charge is -2.13. The monoisotopic (exact) mass is 208 g/mol. The third-order valence-electron chi connectivity index (χ3n) is 3.11. The van der Waals surface area contributed by atoms with Crippen molar-refractivity contribution >= 4 is 0 Å². The van der Waals surface area contributed by atoms with Gasteiger partial charge in [-0.25, -0.2) is 4.98 Å². The van der Waals surface area contributed by atoms with E-state index in [0.29, 0.717) is 18.4 Å². The summed E-state index contributed by atoms with van der Waals surface area (Å²) >= 11 is 0. The van der Waals surface area contributed by atoms with Crippen molar-refractivity contribution in [3.8, 4) is 5.75 Å². The molecule has 2 fully saturated rings. The number of aromatic nitrogens is 1. The SMILES string of the molecule is Fc1ccc(OC[C@@H]2C[C@H]3C[C@H]3N2)cn1. The maximum Gasteiger partial charge on any atom is 0.213 e. The molecule has 4 heteroatoms. The average Bonchev–Trinajstić information content (AvgIpc) is 2.86. The van der Waals surface area contributed by atoms with E-state index in [1.807, 2.05) is 0 Å². The highest BCUT2D eigenvalue weighted by Gasteiger charge is 2.45. The Hall–Kier alpha value is -1.16. The molecule has 1 aliphatic heterocycles. The molecule has 0 bridgehead atoms. The average molecular weight is 208 g/mol. The molecule has 3 rings (SSSR count). The fourth-order valence-corrected chi connectivity index (χ4v) is 2.21. The molecule has 1 saturated carbocycles. The number of ether oxygens (including phenoxy) is 1. The van der Waals surface area contributed by atoms with Crippen molar-refractivity contribution in [3.63, 3.8) is 0 Å². The van der Waals surface area contributed by atoms with Gasteiger partial charge in [0.05, 0.1) is 6.20 Å². The summed E-state index contributed by atoms with van der Waals surface area (Å²) < 4.78 is 18.0. The number of nitrogens with zero attached hydrogens (tertiary/aromatic N) is 1. The summed E-state index contributed by atoms with van der Waals surface area (Å²) in [4.78, 5) is 3.54. The summed E-state index contributed by atoms with van der Waals surface area (Å²) in [5.74, 6) is 1.05. The van der Waals surface area contributed by atoms with Crippen LogP contribution in [0.1, 0.15) is 12.8 Å². The third-order valence-corrected chi connectivity index (χ3v) is 3.11. The molecule has 1 aliphatic carbocycles. The van der Waals surface area contributed by atoms with Gasteiger partial charge >= 0.3 is 0 Å². The van der Waals surface area contributed by atoms with Crippen molar-refractivity contribution < 1.29 is 9.13 Å². The first kappa shape index (κ1) is 9.09. The van der Waals surface area contributed by atoms with E-state index in [-0.39, 0.29) is 0 Å². The molecule has 2 heterocycles. The Bertz CT molecular complexity index is 344. The van der Waals surface area contributed by atoms with Crippen molar-refractivity contribution in [2.75, 3.05) is 6.61 Å². The van der Waals surface area contributed by atoms with Gasteiger partial charge in [-0.05, 0) is 30.9 Å². The first-order valence-corrected chi connectivity index (χ1v) is 5.31. The molecule has 80 valence electrons. The van der Waals surface area contributed by atoms with Crippen molar-refractivity contribution in [2.24, 2.45) is 5.92 Å². The highest BCUT2D eigenvalue weighted by molar-refractivity contribution is 5.16. The van der Waals surface area contributed by atoms with Gasteiger partial charge in [0.15, 0.2) is 0 Å². The molecule has 15 heavy (non-hydrogen) atoms. The summed E-state index contributed by atoms with van der Waals surface area (Å²) in [6.45, 7) is 0.653. The third kappa shape index (κ3) is 1.95. The molecule has 0 amide bonds. The maximum absolute atomic E-state index is 12.5. The smallest absolute Gasteiger partial charge is 0.213 e. The second kappa shape index (κ2) is 3.45. The second-order valence-corrected chi connectivity index (χ2v) is 4.33. The van der Waals surface area contributed by atoms with Crippen molar-refractivity contribution in [3.05, 3.63) is 24.3 Å². The lowest BCUT2D eigenvalue weighted by Crippen LogP contribution is -2.31. The molecule has 0 unspecified atom stereocenters. The first-order valence-electron chi connectivity index (χ1n) is 5.31. The normalized spacial score (nSPS) is 32.5. The predicted octanol–water partition coefficient (Wildman–Crippen LogP) is 1.35. The Morgan fingerprint density at radius 1 is 1.47 bits per heavy atom. The van der Waals surface area contributed by atoms with Gasteiger partial charge in [0.2, 0.25) is 5.95 Å². The fraction of sp³-hybridized carbons (Fsp3) is 0.545. The summed E-state index contributed by atoms with van der Waals surface area (Å²) in [7, 11) is 0. The number of pyridine rings is 1. The van der Waals surface area contributed by atoms with Crippen LogP contribution < -0.4 is 10.1 Å².